The van der Waals surface area contributed by atoms with Gasteiger partial charge in [0, 0.05) is 42.3 Å². The number of thioether (sulfide) groups is 1. The first-order valence-electron chi connectivity index (χ1n) is 12.5. The highest BCUT2D eigenvalue weighted by atomic mass is 32.2. The summed E-state index contributed by atoms with van der Waals surface area (Å²) in [5, 5.41) is 7.96. The lowest BCUT2D eigenvalue weighted by molar-refractivity contribution is -0.117. The molecule has 4 heterocycles. The van der Waals surface area contributed by atoms with Gasteiger partial charge in [0.1, 0.15) is 0 Å². The van der Waals surface area contributed by atoms with E-state index < -0.39 is 0 Å². The number of carbonyl (C=O) groups excluding carboxylic acids is 2. The monoisotopic (exact) mass is 520 g/mol. The number of likely N-dealkylation sites (tertiary alicyclic amines) is 1. The first kappa shape index (κ1) is 23.4. The summed E-state index contributed by atoms with van der Waals surface area (Å²) in [5.74, 6) is -0.0242. The number of hydrogen-bond donors (Lipinski definition) is 2. The molecule has 0 spiro atoms. The second-order valence-corrected chi connectivity index (χ2v) is 11.6. The fraction of sp³-hybridized carbons (Fsp3) is 0.385. The molecule has 1 aliphatic carbocycles. The smallest absolute Gasteiger partial charge is 0.264 e. The lowest BCUT2D eigenvalue weighted by atomic mass is 10.1. The molecule has 36 heavy (non-hydrogen) atoms. The second kappa shape index (κ2) is 10.2. The number of carbonyl (C=O) groups is 2. The summed E-state index contributed by atoms with van der Waals surface area (Å²) in [6, 6.07) is 8.30. The number of anilines is 1. The number of hydrogen-bond acceptors (Lipinski definition) is 7. The van der Waals surface area contributed by atoms with Crippen molar-refractivity contribution in [3.63, 3.8) is 0 Å². The van der Waals surface area contributed by atoms with Gasteiger partial charge in [0.25, 0.3) is 5.91 Å². The number of amides is 2. The van der Waals surface area contributed by atoms with E-state index in [1.807, 2.05) is 6.07 Å². The zero-order valence-electron chi connectivity index (χ0n) is 19.9. The van der Waals surface area contributed by atoms with E-state index in [-0.39, 0.29) is 17.7 Å². The van der Waals surface area contributed by atoms with E-state index in [0.717, 1.165) is 41.9 Å². The highest BCUT2D eigenvalue weighted by Crippen LogP contribution is 2.33. The van der Waals surface area contributed by atoms with E-state index in [4.69, 9.17) is 0 Å². The Morgan fingerprint density at radius 3 is 2.89 bits per heavy atom. The summed E-state index contributed by atoms with van der Waals surface area (Å²) in [6.45, 7) is 4.49. The van der Waals surface area contributed by atoms with Crippen molar-refractivity contribution >= 4 is 67.9 Å². The molecule has 3 fully saturated rings. The minimum atomic E-state index is -0.180. The standard InChI is InChI=1S/C26H28N6O2S2/c33-23(17-4-5-17)29-25-27-16-20(35-25)15-22-24(34)30-26(36-22)28-19-6-7-21-18(14-19)8-11-32(21)13-12-31-9-2-1-3-10-31/h6-8,11,14-17H,1-5,9-10,12-13H2,(H,27,29,33)(H,28,30,34). The zero-order valence-corrected chi connectivity index (χ0v) is 21.5. The van der Waals surface area contributed by atoms with Gasteiger partial charge < -0.3 is 20.1 Å². The molecule has 3 aliphatic rings. The summed E-state index contributed by atoms with van der Waals surface area (Å²) < 4.78 is 2.31. The first-order valence-corrected chi connectivity index (χ1v) is 14.1. The Morgan fingerprint density at radius 1 is 1.19 bits per heavy atom. The van der Waals surface area contributed by atoms with Crippen LogP contribution in [-0.2, 0) is 16.1 Å². The number of amidine groups is 1. The zero-order chi connectivity index (χ0) is 24.5. The van der Waals surface area contributed by atoms with E-state index in [1.54, 1.807) is 12.3 Å². The molecule has 2 aromatic heterocycles. The van der Waals surface area contributed by atoms with Gasteiger partial charge in [-0.3, -0.25) is 9.59 Å². The molecular formula is C26H28N6O2S2. The van der Waals surface area contributed by atoms with Crippen molar-refractivity contribution < 1.29 is 9.59 Å². The number of nitrogens with one attached hydrogen (secondary N) is 2. The van der Waals surface area contributed by atoms with Gasteiger partial charge in [0.15, 0.2) is 10.3 Å². The van der Waals surface area contributed by atoms with E-state index in [0.29, 0.717) is 15.2 Å². The maximum atomic E-state index is 12.5. The number of nitrogens with zero attached hydrogens (tertiary/aromatic N) is 4. The molecule has 0 unspecified atom stereocenters. The molecule has 2 N–H and O–H groups in total. The molecule has 2 aliphatic heterocycles. The molecule has 2 saturated heterocycles. The van der Waals surface area contributed by atoms with Crippen LogP contribution < -0.4 is 10.6 Å². The summed E-state index contributed by atoms with van der Waals surface area (Å²) in [5.41, 5.74) is 2.01. The van der Waals surface area contributed by atoms with Crippen molar-refractivity contribution in [2.24, 2.45) is 10.9 Å². The lowest BCUT2D eigenvalue weighted by Crippen LogP contribution is -2.32. The Bertz CT molecular complexity index is 1360. The fourth-order valence-electron chi connectivity index (χ4n) is 4.58. The van der Waals surface area contributed by atoms with Crippen LogP contribution in [0.25, 0.3) is 17.0 Å². The Morgan fingerprint density at radius 2 is 2.06 bits per heavy atom. The molecule has 6 rings (SSSR count). The normalized spacial score (nSPS) is 20.9. The average molecular weight is 521 g/mol. The van der Waals surface area contributed by atoms with E-state index in [9.17, 15) is 9.59 Å². The first-order chi connectivity index (χ1) is 17.6. The number of aromatic nitrogens is 2. The molecule has 8 nitrogen and oxygen atoms in total. The van der Waals surface area contributed by atoms with Crippen molar-refractivity contribution in [2.45, 2.75) is 38.6 Å². The van der Waals surface area contributed by atoms with Gasteiger partial charge in [0.05, 0.1) is 15.5 Å². The SMILES string of the molecule is O=C1NC(=Nc2ccc3c(ccn3CCN3CCCCC3)c2)SC1=Cc1cnc(NC(=O)C2CC2)s1. The molecule has 186 valence electrons. The van der Waals surface area contributed by atoms with Crippen LogP contribution in [0.2, 0.25) is 0 Å². The van der Waals surface area contributed by atoms with Crippen molar-refractivity contribution in [1.29, 1.82) is 0 Å². The van der Waals surface area contributed by atoms with Crippen LogP contribution in [0.4, 0.5) is 10.8 Å². The Labute approximate surface area is 217 Å². The van der Waals surface area contributed by atoms with Gasteiger partial charge in [-0.1, -0.05) is 17.8 Å². The van der Waals surface area contributed by atoms with Crippen LogP contribution in [0.3, 0.4) is 0 Å². The van der Waals surface area contributed by atoms with Crippen LogP contribution in [0.5, 0.6) is 0 Å². The number of piperidine rings is 1. The number of rotatable bonds is 7. The summed E-state index contributed by atoms with van der Waals surface area (Å²) in [6.07, 6.45) is 11.5. The molecule has 10 heteroatoms. The van der Waals surface area contributed by atoms with Gasteiger partial charge in [0.2, 0.25) is 5.91 Å². The highest BCUT2D eigenvalue weighted by molar-refractivity contribution is 8.18. The largest absolute Gasteiger partial charge is 0.346 e. The predicted octanol–water partition coefficient (Wildman–Crippen LogP) is 4.82. The molecule has 0 atom stereocenters. The van der Waals surface area contributed by atoms with E-state index in [1.165, 1.54) is 61.0 Å². The quantitative estimate of drug-likeness (QED) is 0.436. The third-order valence-corrected chi connectivity index (χ3v) is 8.49. The number of fused-ring (bicyclic) bond motifs is 1. The van der Waals surface area contributed by atoms with Gasteiger partial charge in [-0.2, -0.15) is 0 Å². The summed E-state index contributed by atoms with van der Waals surface area (Å²) in [7, 11) is 0. The highest BCUT2D eigenvalue weighted by Gasteiger charge is 2.30. The summed E-state index contributed by atoms with van der Waals surface area (Å²) >= 11 is 2.67. The number of aliphatic imine (C=N–C) groups is 1. The molecule has 1 saturated carbocycles. The molecule has 2 amide bonds. The minimum absolute atomic E-state index is 0.0280. The predicted molar refractivity (Wildman–Crippen MR) is 147 cm³/mol. The van der Waals surface area contributed by atoms with Gasteiger partial charge >= 0.3 is 0 Å². The number of thiazole rings is 1. The van der Waals surface area contributed by atoms with Crippen molar-refractivity contribution in [3.8, 4) is 0 Å². The minimum Gasteiger partial charge on any atom is -0.346 e. The second-order valence-electron chi connectivity index (χ2n) is 9.47. The van der Waals surface area contributed by atoms with Crippen LogP contribution in [0, 0.1) is 5.92 Å². The molecule has 0 radical (unpaired) electrons. The van der Waals surface area contributed by atoms with Gasteiger partial charge in [-0.05, 0) is 80.9 Å². The third kappa shape index (κ3) is 5.40. The van der Waals surface area contributed by atoms with E-state index >= 15 is 0 Å². The maximum absolute atomic E-state index is 12.5. The lowest BCUT2D eigenvalue weighted by Gasteiger charge is -2.26. The Hall–Kier alpha value is -2.95. The van der Waals surface area contributed by atoms with Crippen molar-refractivity contribution in [1.82, 2.24) is 19.8 Å². The Balaban J connectivity index is 1.11. The average Bonchev–Trinajstić information content (AvgIpc) is 3.40. The topological polar surface area (TPSA) is 91.6 Å². The van der Waals surface area contributed by atoms with Crippen molar-refractivity contribution in [3.05, 3.63) is 46.4 Å². The molecule has 0 bridgehead atoms. The number of benzene rings is 1. The molecule has 3 aromatic rings. The van der Waals surface area contributed by atoms with Crippen LogP contribution in [-0.4, -0.2) is 51.1 Å². The molecular weight excluding hydrogens is 492 g/mol. The molecule has 1 aromatic carbocycles. The maximum Gasteiger partial charge on any atom is 0.264 e. The van der Waals surface area contributed by atoms with Crippen molar-refractivity contribution in [2.75, 3.05) is 25.0 Å². The summed E-state index contributed by atoms with van der Waals surface area (Å²) in [4.78, 5) is 37.3. The van der Waals surface area contributed by atoms with Gasteiger partial charge in [-0.15, -0.1) is 0 Å². The fourth-order valence-corrected chi connectivity index (χ4v) is 6.25. The third-order valence-electron chi connectivity index (χ3n) is 6.72. The van der Waals surface area contributed by atoms with Crippen LogP contribution >= 0.6 is 23.1 Å². The van der Waals surface area contributed by atoms with E-state index in [2.05, 4.69) is 54.5 Å². The van der Waals surface area contributed by atoms with Gasteiger partial charge in [-0.25, -0.2) is 9.98 Å². The van der Waals surface area contributed by atoms with Crippen LogP contribution in [0.15, 0.2) is 46.6 Å². The van der Waals surface area contributed by atoms with Crippen LogP contribution in [0.1, 0.15) is 37.0 Å². The Kier molecular flexibility index (Phi) is 6.64.